The summed E-state index contributed by atoms with van der Waals surface area (Å²) in [5.41, 5.74) is 5.83. The number of rotatable bonds is 4. The van der Waals surface area contributed by atoms with Crippen LogP contribution in [0.3, 0.4) is 0 Å². The van der Waals surface area contributed by atoms with Crippen molar-refractivity contribution in [3.05, 3.63) is 0 Å². The average Bonchev–Trinajstić information content (AvgIpc) is 2.94. The third-order valence-corrected chi connectivity index (χ3v) is 4.08. The van der Waals surface area contributed by atoms with E-state index in [1.54, 1.807) is 4.90 Å². The number of likely N-dealkylation sites (tertiary alicyclic amines) is 1. The van der Waals surface area contributed by atoms with Crippen molar-refractivity contribution in [2.75, 3.05) is 26.7 Å². The molecule has 1 saturated carbocycles. The number of likely N-dealkylation sites (N-methyl/N-ethyl adjacent to an activating group) is 1. The SMILES string of the molecule is CN(CCN1CCCC1=O)C(=O)[C@H]1CC[C@@H](N)C1. The summed E-state index contributed by atoms with van der Waals surface area (Å²) in [6.07, 6.45) is 4.29. The normalized spacial score (nSPS) is 27.9. The van der Waals surface area contributed by atoms with Crippen molar-refractivity contribution in [1.29, 1.82) is 0 Å². The summed E-state index contributed by atoms with van der Waals surface area (Å²) in [5.74, 6) is 0.507. The van der Waals surface area contributed by atoms with E-state index in [4.69, 9.17) is 5.73 Å². The van der Waals surface area contributed by atoms with Gasteiger partial charge in [0.15, 0.2) is 0 Å². The summed E-state index contributed by atoms with van der Waals surface area (Å²) in [6.45, 7) is 2.14. The molecule has 2 fully saturated rings. The minimum absolute atomic E-state index is 0.0966. The van der Waals surface area contributed by atoms with Gasteiger partial charge in [-0.15, -0.1) is 0 Å². The van der Waals surface area contributed by atoms with E-state index in [0.29, 0.717) is 19.5 Å². The van der Waals surface area contributed by atoms with Gasteiger partial charge in [-0.3, -0.25) is 9.59 Å². The first kappa shape index (κ1) is 13.3. The van der Waals surface area contributed by atoms with Crippen molar-refractivity contribution in [2.45, 2.75) is 38.1 Å². The van der Waals surface area contributed by atoms with E-state index in [9.17, 15) is 9.59 Å². The lowest BCUT2D eigenvalue weighted by Gasteiger charge is -2.24. The van der Waals surface area contributed by atoms with Crippen molar-refractivity contribution in [3.63, 3.8) is 0 Å². The predicted molar refractivity (Wildman–Crippen MR) is 68.8 cm³/mol. The Balaban J connectivity index is 1.75. The maximum absolute atomic E-state index is 12.1. The van der Waals surface area contributed by atoms with E-state index in [2.05, 4.69) is 0 Å². The lowest BCUT2D eigenvalue weighted by atomic mass is 10.1. The van der Waals surface area contributed by atoms with E-state index < -0.39 is 0 Å². The van der Waals surface area contributed by atoms with Gasteiger partial charge in [0, 0.05) is 45.1 Å². The largest absolute Gasteiger partial charge is 0.344 e. The van der Waals surface area contributed by atoms with Gasteiger partial charge in [0.05, 0.1) is 0 Å². The molecule has 5 heteroatoms. The highest BCUT2D eigenvalue weighted by molar-refractivity contribution is 5.79. The highest BCUT2D eigenvalue weighted by Gasteiger charge is 2.30. The molecule has 0 bridgehead atoms. The van der Waals surface area contributed by atoms with Crippen molar-refractivity contribution >= 4 is 11.8 Å². The maximum Gasteiger partial charge on any atom is 0.225 e. The summed E-state index contributed by atoms with van der Waals surface area (Å²) in [7, 11) is 1.83. The molecule has 0 radical (unpaired) electrons. The molecule has 2 N–H and O–H groups in total. The smallest absolute Gasteiger partial charge is 0.225 e. The minimum atomic E-state index is 0.0966. The second kappa shape index (κ2) is 5.69. The van der Waals surface area contributed by atoms with Crippen LogP contribution in [-0.2, 0) is 9.59 Å². The Morgan fingerprint density at radius 3 is 2.83 bits per heavy atom. The van der Waals surface area contributed by atoms with Gasteiger partial charge in [0.2, 0.25) is 11.8 Å². The fourth-order valence-electron chi connectivity index (χ4n) is 2.87. The Bertz CT molecular complexity index is 332. The summed E-state index contributed by atoms with van der Waals surface area (Å²) >= 11 is 0. The number of nitrogens with two attached hydrogens (primary N) is 1. The van der Waals surface area contributed by atoms with Crippen molar-refractivity contribution in [2.24, 2.45) is 11.7 Å². The van der Waals surface area contributed by atoms with Gasteiger partial charge in [0.25, 0.3) is 0 Å². The Morgan fingerprint density at radius 2 is 2.28 bits per heavy atom. The number of amides is 2. The maximum atomic E-state index is 12.1. The summed E-state index contributed by atoms with van der Waals surface area (Å²) in [4.78, 5) is 27.2. The molecule has 5 nitrogen and oxygen atoms in total. The van der Waals surface area contributed by atoms with Crippen LogP contribution in [0.25, 0.3) is 0 Å². The Morgan fingerprint density at radius 1 is 1.50 bits per heavy atom. The van der Waals surface area contributed by atoms with Gasteiger partial charge in [-0.05, 0) is 25.7 Å². The number of hydrogen-bond acceptors (Lipinski definition) is 3. The quantitative estimate of drug-likeness (QED) is 0.778. The first-order chi connectivity index (χ1) is 8.58. The molecule has 2 aliphatic rings. The highest BCUT2D eigenvalue weighted by atomic mass is 16.2. The summed E-state index contributed by atoms with van der Waals surface area (Å²) in [6, 6.07) is 0.188. The molecule has 0 aromatic heterocycles. The molecule has 102 valence electrons. The van der Waals surface area contributed by atoms with Gasteiger partial charge in [-0.1, -0.05) is 0 Å². The number of nitrogens with zero attached hydrogens (tertiary/aromatic N) is 2. The molecular weight excluding hydrogens is 230 g/mol. The number of carbonyl (C=O) groups is 2. The van der Waals surface area contributed by atoms with Crippen LogP contribution < -0.4 is 5.73 Å². The Kier molecular flexibility index (Phi) is 4.22. The van der Waals surface area contributed by atoms with Crippen LogP contribution in [0.1, 0.15) is 32.1 Å². The standard InChI is InChI=1S/C13H23N3O2/c1-15(7-8-16-6-2-3-12(16)17)13(18)10-4-5-11(14)9-10/h10-11H,2-9,14H2,1H3/t10-,11+/m0/s1. The molecule has 0 spiro atoms. The van der Waals surface area contributed by atoms with E-state index in [1.165, 1.54) is 0 Å². The second-order valence-corrected chi connectivity index (χ2v) is 5.51. The molecular formula is C13H23N3O2. The van der Waals surface area contributed by atoms with E-state index in [-0.39, 0.29) is 23.8 Å². The molecule has 1 saturated heterocycles. The number of carbonyl (C=O) groups excluding carboxylic acids is 2. The van der Waals surface area contributed by atoms with Crippen LogP contribution in [0, 0.1) is 5.92 Å². The monoisotopic (exact) mass is 253 g/mol. The molecule has 1 heterocycles. The van der Waals surface area contributed by atoms with Gasteiger partial charge >= 0.3 is 0 Å². The zero-order valence-corrected chi connectivity index (χ0v) is 11.1. The van der Waals surface area contributed by atoms with Gasteiger partial charge in [-0.2, -0.15) is 0 Å². The van der Waals surface area contributed by atoms with Crippen LogP contribution in [0.2, 0.25) is 0 Å². The Hall–Kier alpha value is -1.10. The molecule has 0 aromatic rings. The zero-order chi connectivity index (χ0) is 13.1. The van der Waals surface area contributed by atoms with E-state index in [1.807, 2.05) is 11.9 Å². The molecule has 18 heavy (non-hydrogen) atoms. The fraction of sp³-hybridized carbons (Fsp3) is 0.846. The molecule has 2 atom stereocenters. The van der Waals surface area contributed by atoms with Crippen LogP contribution >= 0.6 is 0 Å². The van der Waals surface area contributed by atoms with Crippen LogP contribution in [0.4, 0.5) is 0 Å². The lowest BCUT2D eigenvalue weighted by molar-refractivity contribution is -0.135. The molecule has 1 aliphatic carbocycles. The van der Waals surface area contributed by atoms with Crippen molar-refractivity contribution < 1.29 is 9.59 Å². The van der Waals surface area contributed by atoms with Crippen LogP contribution in [0.5, 0.6) is 0 Å². The fourth-order valence-corrected chi connectivity index (χ4v) is 2.87. The zero-order valence-electron chi connectivity index (χ0n) is 11.1. The Labute approximate surface area is 108 Å². The highest BCUT2D eigenvalue weighted by Crippen LogP contribution is 2.25. The third kappa shape index (κ3) is 3.02. The van der Waals surface area contributed by atoms with Crippen LogP contribution in [-0.4, -0.2) is 54.3 Å². The lowest BCUT2D eigenvalue weighted by Crippen LogP contribution is -2.39. The predicted octanol–water partition coefficient (Wildman–Crippen LogP) is 0.195. The van der Waals surface area contributed by atoms with Crippen molar-refractivity contribution in [1.82, 2.24) is 9.80 Å². The topological polar surface area (TPSA) is 66.6 Å². The summed E-state index contributed by atoms with van der Waals surface area (Å²) < 4.78 is 0. The second-order valence-electron chi connectivity index (χ2n) is 5.51. The van der Waals surface area contributed by atoms with E-state index >= 15 is 0 Å². The van der Waals surface area contributed by atoms with Crippen LogP contribution in [0.15, 0.2) is 0 Å². The molecule has 2 rings (SSSR count). The number of hydrogen-bond donors (Lipinski definition) is 1. The first-order valence-corrected chi connectivity index (χ1v) is 6.86. The van der Waals surface area contributed by atoms with Gasteiger partial charge in [0.1, 0.15) is 0 Å². The van der Waals surface area contributed by atoms with Crippen molar-refractivity contribution in [3.8, 4) is 0 Å². The molecule has 0 aromatic carbocycles. The molecule has 1 aliphatic heterocycles. The van der Waals surface area contributed by atoms with Gasteiger partial charge in [-0.25, -0.2) is 0 Å². The first-order valence-electron chi connectivity index (χ1n) is 6.86. The van der Waals surface area contributed by atoms with Gasteiger partial charge < -0.3 is 15.5 Å². The molecule has 2 amide bonds. The molecule has 0 unspecified atom stereocenters. The third-order valence-electron chi connectivity index (χ3n) is 4.08. The summed E-state index contributed by atoms with van der Waals surface area (Å²) in [5, 5.41) is 0. The van der Waals surface area contributed by atoms with E-state index in [0.717, 1.165) is 32.2 Å². The average molecular weight is 253 g/mol. The minimum Gasteiger partial charge on any atom is -0.344 e.